The smallest absolute Gasteiger partial charge is 0.256 e. The second kappa shape index (κ2) is 4.30. The van der Waals surface area contributed by atoms with Gasteiger partial charge < -0.3 is 9.72 Å². The Bertz CT molecular complexity index is 651. The van der Waals surface area contributed by atoms with E-state index < -0.39 is 0 Å². The van der Waals surface area contributed by atoms with Gasteiger partial charge in [-0.2, -0.15) is 0 Å². The van der Waals surface area contributed by atoms with E-state index in [9.17, 15) is 4.79 Å². The Hall–Kier alpha value is -2.08. The highest BCUT2D eigenvalue weighted by Gasteiger charge is 2.16. The Labute approximate surface area is 103 Å². The Morgan fingerprint density at radius 2 is 2.28 bits per heavy atom. The number of aromatic amines is 1. The summed E-state index contributed by atoms with van der Waals surface area (Å²) in [6.45, 7) is 2.74. The average molecular weight is 244 g/mol. The van der Waals surface area contributed by atoms with Gasteiger partial charge in [0.25, 0.3) is 5.56 Å². The van der Waals surface area contributed by atoms with Gasteiger partial charge in [-0.15, -0.1) is 0 Å². The van der Waals surface area contributed by atoms with Gasteiger partial charge in [-0.25, -0.2) is 15.0 Å². The molecule has 0 radical (unpaired) electrons. The van der Waals surface area contributed by atoms with Crippen LogP contribution in [-0.2, 0) is 17.8 Å². The van der Waals surface area contributed by atoms with Crippen molar-refractivity contribution in [3.05, 3.63) is 39.7 Å². The Balaban J connectivity index is 2.14. The van der Waals surface area contributed by atoms with E-state index in [0.717, 1.165) is 5.69 Å². The molecule has 0 unspecified atom stereocenters. The summed E-state index contributed by atoms with van der Waals surface area (Å²) in [5.74, 6) is 1.14. The molecule has 0 aliphatic carbocycles. The first-order chi connectivity index (χ1) is 8.74. The first-order valence-corrected chi connectivity index (χ1v) is 5.74. The number of nitrogens with zero attached hydrogens (tertiary/aromatic N) is 3. The molecule has 0 amide bonds. The van der Waals surface area contributed by atoms with Crippen molar-refractivity contribution < 1.29 is 4.74 Å². The van der Waals surface area contributed by atoms with Gasteiger partial charge in [0.1, 0.15) is 11.5 Å². The van der Waals surface area contributed by atoms with Crippen molar-refractivity contribution >= 4 is 0 Å². The zero-order chi connectivity index (χ0) is 12.5. The molecule has 0 spiro atoms. The molecule has 0 atom stereocenters. The van der Waals surface area contributed by atoms with E-state index in [-0.39, 0.29) is 5.56 Å². The molecule has 0 aromatic carbocycles. The molecule has 0 bridgehead atoms. The fourth-order valence-corrected chi connectivity index (χ4v) is 1.95. The van der Waals surface area contributed by atoms with Crippen LogP contribution in [0, 0.1) is 6.92 Å². The number of ether oxygens (including phenoxy) is 1. The lowest BCUT2D eigenvalue weighted by Gasteiger charge is -2.15. The van der Waals surface area contributed by atoms with E-state index in [1.165, 1.54) is 0 Å². The zero-order valence-corrected chi connectivity index (χ0v) is 9.93. The van der Waals surface area contributed by atoms with Crippen molar-refractivity contribution in [2.75, 3.05) is 6.61 Å². The van der Waals surface area contributed by atoms with Crippen LogP contribution in [0.15, 0.2) is 17.1 Å². The van der Waals surface area contributed by atoms with Crippen LogP contribution in [0.3, 0.4) is 0 Å². The summed E-state index contributed by atoms with van der Waals surface area (Å²) < 4.78 is 5.26. The van der Waals surface area contributed by atoms with Gasteiger partial charge in [-0.05, 0) is 13.0 Å². The van der Waals surface area contributed by atoms with Crippen LogP contribution in [0.2, 0.25) is 0 Å². The third-order valence-corrected chi connectivity index (χ3v) is 2.85. The van der Waals surface area contributed by atoms with Crippen molar-refractivity contribution in [2.45, 2.75) is 20.0 Å². The Morgan fingerprint density at radius 1 is 1.39 bits per heavy atom. The van der Waals surface area contributed by atoms with Crippen LogP contribution in [-0.4, -0.2) is 26.5 Å². The molecule has 6 heteroatoms. The number of nitrogens with one attached hydrogen (secondary N) is 1. The van der Waals surface area contributed by atoms with Gasteiger partial charge in [-0.1, -0.05) is 0 Å². The van der Waals surface area contributed by atoms with Crippen molar-refractivity contribution in [2.24, 2.45) is 0 Å². The molecule has 2 aromatic heterocycles. The molecule has 6 nitrogen and oxygen atoms in total. The maximum Gasteiger partial charge on any atom is 0.256 e. The van der Waals surface area contributed by atoms with Crippen molar-refractivity contribution in [1.29, 1.82) is 0 Å². The lowest BCUT2D eigenvalue weighted by Crippen LogP contribution is -2.24. The van der Waals surface area contributed by atoms with Crippen molar-refractivity contribution in [1.82, 2.24) is 19.9 Å². The SMILES string of the molecule is Cc1nccc(-c2nc3c(c(=O)[nH]2)COCC3)n1. The van der Waals surface area contributed by atoms with Crippen LogP contribution < -0.4 is 5.56 Å². The van der Waals surface area contributed by atoms with E-state index in [1.54, 1.807) is 19.2 Å². The molecule has 3 heterocycles. The topological polar surface area (TPSA) is 80.8 Å². The molecule has 1 N–H and O–H groups in total. The van der Waals surface area contributed by atoms with Crippen LogP contribution >= 0.6 is 0 Å². The number of aromatic nitrogens is 4. The van der Waals surface area contributed by atoms with E-state index in [2.05, 4.69) is 19.9 Å². The molecule has 3 rings (SSSR count). The molecule has 92 valence electrons. The number of hydrogen-bond donors (Lipinski definition) is 1. The Kier molecular flexibility index (Phi) is 2.64. The fourth-order valence-electron chi connectivity index (χ4n) is 1.95. The average Bonchev–Trinajstić information content (AvgIpc) is 2.39. The van der Waals surface area contributed by atoms with Crippen LogP contribution in [0.4, 0.5) is 0 Å². The monoisotopic (exact) mass is 244 g/mol. The molecule has 0 saturated heterocycles. The minimum atomic E-state index is -0.147. The minimum Gasteiger partial charge on any atom is -0.376 e. The van der Waals surface area contributed by atoms with E-state index in [0.29, 0.717) is 42.5 Å². The van der Waals surface area contributed by atoms with Crippen LogP contribution in [0.5, 0.6) is 0 Å². The molecule has 2 aromatic rings. The molecular weight excluding hydrogens is 232 g/mol. The first-order valence-electron chi connectivity index (χ1n) is 5.74. The summed E-state index contributed by atoms with van der Waals surface area (Å²) in [4.78, 5) is 27.4. The highest BCUT2D eigenvalue weighted by atomic mass is 16.5. The third-order valence-electron chi connectivity index (χ3n) is 2.85. The molecular formula is C12H12N4O2. The summed E-state index contributed by atoms with van der Waals surface area (Å²) in [6, 6.07) is 1.73. The summed E-state index contributed by atoms with van der Waals surface area (Å²) in [5.41, 5.74) is 1.91. The number of fused-ring (bicyclic) bond motifs is 1. The number of hydrogen-bond acceptors (Lipinski definition) is 5. The summed E-state index contributed by atoms with van der Waals surface area (Å²) in [6.07, 6.45) is 2.32. The van der Waals surface area contributed by atoms with Gasteiger partial charge >= 0.3 is 0 Å². The molecule has 1 aliphatic heterocycles. The molecule has 1 aliphatic rings. The van der Waals surface area contributed by atoms with Crippen LogP contribution in [0.1, 0.15) is 17.1 Å². The van der Waals surface area contributed by atoms with E-state index in [4.69, 9.17) is 4.74 Å². The fraction of sp³-hybridized carbons (Fsp3) is 0.333. The minimum absolute atomic E-state index is 0.147. The largest absolute Gasteiger partial charge is 0.376 e. The predicted molar refractivity (Wildman–Crippen MR) is 64.0 cm³/mol. The second-order valence-corrected chi connectivity index (χ2v) is 4.13. The Morgan fingerprint density at radius 3 is 3.11 bits per heavy atom. The third kappa shape index (κ3) is 1.91. The quantitative estimate of drug-likeness (QED) is 0.794. The first kappa shape index (κ1) is 11.0. The standard InChI is InChI=1S/C12H12N4O2/c1-7-13-4-2-10(14-7)11-15-9-3-5-18-6-8(9)12(17)16-11/h2,4H,3,5-6H2,1H3,(H,15,16,17). The molecule has 0 saturated carbocycles. The van der Waals surface area contributed by atoms with Gasteiger partial charge in [0.15, 0.2) is 5.82 Å². The lowest BCUT2D eigenvalue weighted by molar-refractivity contribution is 0.108. The zero-order valence-electron chi connectivity index (χ0n) is 9.93. The maximum absolute atomic E-state index is 11.9. The summed E-state index contributed by atoms with van der Waals surface area (Å²) in [5, 5.41) is 0. The van der Waals surface area contributed by atoms with Crippen molar-refractivity contribution in [3.63, 3.8) is 0 Å². The van der Waals surface area contributed by atoms with Gasteiger partial charge in [0, 0.05) is 12.6 Å². The van der Waals surface area contributed by atoms with E-state index in [1.807, 2.05) is 0 Å². The number of H-pyrrole nitrogens is 1. The number of aryl methyl sites for hydroxylation is 1. The van der Waals surface area contributed by atoms with Crippen LogP contribution in [0.25, 0.3) is 11.5 Å². The highest BCUT2D eigenvalue weighted by molar-refractivity contribution is 5.48. The van der Waals surface area contributed by atoms with Gasteiger partial charge in [0.2, 0.25) is 0 Å². The molecule has 18 heavy (non-hydrogen) atoms. The maximum atomic E-state index is 11.9. The lowest BCUT2D eigenvalue weighted by atomic mass is 10.1. The van der Waals surface area contributed by atoms with Crippen molar-refractivity contribution in [3.8, 4) is 11.5 Å². The summed E-state index contributed by atoms with van der Waals surface area (Å²) >= 11 is 0. The normalized spacial score (nSPS) is 14.3. The highest BCUT2D eigenvalue weighted by Crippen LogP contribution is 2.15. The number of rotatable bonds is 1. The summed E-state index contributed by atoms with van der Waals surface area (Å²) in [7, 11) is 0. The second-order valence-electron chi connectivity index (χ2n) is 4.13. The van der Waals surface area contributed by atoms with Gasteiger partial charge in [0.05, 0.1) is 24.5 Å². The van der Waals surface area contributed by atoms with E-state index >= 15 is 0 Å². The van der Waals surface area contributed by atoms with Gasteiger partial charge in [-0.3, -0.25) is 4.79 Å². The predicted octanol–water partition coefficient (Wildman–Crippen LogP) is 0.608. The molecule has 0 fully saturated rings.